The molecule has 0 saturated carbocycles. The van der Waals surface area contributed by atoms with E-state index in [0.29, 0.717) is 19.4 Å². The first-order valence-electron chi connectivity index (χ1n) is 13.0. The molecule has 4 heteroatoms. The van der Waals surface area contributed by atoms with Crippen molar-refractivity contribution in [3.05, 3.63) is 87.8 Å². The molecule has 36 heavy (non-hydrogen) atoms. The molecule has 0 bridgehead atoms. The van der Waals surface area contributed by atoms with E-state index in [2.05, 4.69) is 63.8 Å². The third-order valence-electron chi connectivity index (χ3n) is 7.92. The molecule has 4 nitrogen and oxygen atoms in total. The molecule has 0 N–H and O–H groups in total. The van der Waals surface area contributed by atoms with Crippen molar-refractivity contribution < 1.29 is 14.3 Å². The Kier molecular flexibility index (Phi) is 5.97. The van der Waals surface area contributed by atoms with Crippen LogP contribution in [0.5, 0.6) is 5.75 Å². The van der Waals surface area contributed by atoms with Gasteiger partial charge in [0.05, 0.1) is 0 Å². The van der Waals surface area contributed by atoms with Crippen LogP contribution in [0, 0.1) is 17.8 Å². The standard InChI is InChI=1S/C32H37NO3/c1-20-11-13-21(14-12-20)19-36-27-10-8-7-9-22(27)28-29-23(15-31(2,3)17-25(29)34)33(6)24-16-32(4,5)18-26(35)30(24)28/h7-14,28H,15-19H2,1-6H3. The second kappa shape index (κ2) is 8.76. The highest BCUT2D eigenvalue weighted by molar-refractivity contribution is 6.07. The Balaban J connectivity index is 1.64. The maximum absolute atomic E-state index is 13.7. The van der Waals surface area contributed by atoms with Crippen LogP contribution in [-0.4, -0.2) is 23.5 Å². The van der Waals surface area contributed by atoms with E-state index in [1.165, 1.54) is 5.56 Å². The number of carbonyl (C=O) groups excluding carboxylic acids is 2. The molecule has 2 aliphatic carbocycles. The van der Waals surface area contributed by atoms with E-state index in [0.717, 1.165) is 52.3 Å². The van der Waals surface area contributed by atoms with Gasteiger partial charge in [0.1, 0.15) is 12.4 Å². The number of hydrogen-bond donors (Lipinski definition) is 0. The lowest BCUT2D eigenvalue weighted by molar-refractivity contribution is -0.119. The van der Waals surface area contributed by atoms with Gasteiger partial charge in [-0.05, 0) is 42.2 Å². The van der Waals surface area contributed by atoms with Gasteiger partial charge in [0.15, 0.2) is 11.6 Å². The largest absolute Gasteiger partial charge is 0.489 e. The molecule has 0 fully saturated rings. The summed E-state index contributed by atoms with van der Waals surface area (Å²) < 4.78 is 6.37. The number of ether oxygens (including phenoxy) is 1. The molecule has 3 aliphatic rings. The minimum absolute atomic E-state index is 0.109. The minimum atomic E-state index is -0.382. The highest BCUT2D eigenvalue weighted by Crippen LogP contribution is 2.55. The van der Waals surface area contributed by atoms with Crippen molar-refractivity contribution >= 4 is 11.6 Å². The molecule has 1 aliphatic heterocycles. The number of hydrogen-bond acceptors (Lipinski definition) is 4. The Hall–Kier alpha value is -3.14. The van der Waals surface area contributed by atoms with Crippen LogP contribution < -0.4 is 4.74 Å². The first-order valence-corrected chi connectivity index (χ1v) is 13.0. The summed E-state index contributed by atoms with van der Waals surface area (Å²) in [7, 11) is 2.05. The van der Waals surface area contributed by atoms with Crippen LogP contribution in [-0.2, 0) is 16.2 Å². The zero-order valence-corrected chi connectivity index (χ0v) is 22.4. The molecule has 188 valence electrons. The van der Waals surface area contributed by atoms with Gasteiger partial charge in [0.25, 0.3) is 0 Å². The lowest BCUT2D eigenvalue weighted by Gasteiger charge is -2.48. The van der Waals surface area contributed by atoms with Crippen molar-refractivity contribution in [2.45, 2.75) is 72.8 Å². The summed E-state index contributed by atoms with van der Waals surface area (Å²) >= 11 is 0. The smallest absolute Gasteiger partial charge is 0.162 e. The zero-order chi connectivity index (χ0) is 25.8. The molecule has 0 saturated heterocycles. The number of aryl methyl sites for hydroxylation is 1. The number of para-hydroxylation sites is 1. The fourth-order valence-corrected chi connectivity index (χ4v) is 6.17. The molecule has 2 aromatic rings. The maximum Gasteiger partial charge on any atom is 0.162 e. The Morgan fingerprint density at radius 1 is 0.806 bits per heavy atom. The zero-order valence-electron chi connectivity index (χ0n) is 22.4. The molecule has 1 heterocycles. The second-order valence-corrected chi connectivity index (χ2v) is 12.4. The molecule has 0 atom stereocenters. The summed E-state index contributed by atoms with van der Waals surface area (Å²) in [4.78, 5) is 29.7. The second-order valence-electron chi connectivity index (χ2n) is 12.4. The van der Waals surface area contributed by atoms with E-state index in [1.807, 2.05) is 31.3 Å². The van der Waals surface area contributed by atoms with Crippen molar-refractivity contribution in [2.24, 2.45) is 10.8 Å². The van der Waals surface area contributed by atoms with Gasteiger partial charge in [-0.1, -0.05) is 75.7 Å². The molecule has 0 spiro atoms. The first kappa shape index (κ1) is 24.5. The fraction of sp³-hybridized carbons (Fsp3) is 0.438. The normalized spacial score (nSPS) is 21.4. The number of allylic oxidation sites excluding steroid dienone is 4. The summed E-state index contributed by atoms with van der Waals surface area (Å²) in [6, 6.07) is 16.3. The third kappa shape index (κ3) is 4.42. The molecular formula is C32H37NO3. The van der Waals surface area contributed by atoms with Crippen molar-refractivity contribution in [1.29, 1.82) is 0 Å². The summed E-state index contributed by atoms with van der Waals surface area (Å²) in [6.07, 6.45) is 2.62. The van der Waals surface area contributed by atoms with Crippen LogP contribution in [0.25, 0.3) is 0 Å². The van der Waals surface area contributed by atoms with Crippen LogP contribution >= 0.6 is 0 Å². The molecule has 5 rings (SSSR count). The van der Waals surface area contributed by atoms with Crippen LogP contribution in [0.15, 0.2) is 71.1 Å². The van der Waals surface area contributed by atoms with Crippen LogP contribution in [0.3, 0.4) is 0 Å². The predicted octanol–water partition coefficient (Wildman–Crippen LogP) is 6.89. The molecule has 0 radical (unpaired) electrons. The van der Waals surface area contributed by atoms with Crippen molar-refractivity contribution in [3.63, 3.8) is 0 Å². The lowest BCUT2D eigenvalue weighted by atomic mass is 9.63. The molecule has 0 amide bonds. The van der Waals surface area contributed by atoms with Crippen molar-refractivity contribution in [3.8, 4) is 5.75 Å². The van der Waals surface area contributed by atoms with Gasteiger partial charge in [-0.2, -0.15) is 0 Å². The van der Waals surface area contributed by atoms with Crippen LogP contribution in [0.2, 0.25) is 0 Å². The summed E-state index contributed by atoms with van der Waals surface area (Å²) in [5, 5.41) is 0. The van der Waals surface area contributed by atoms with E-state index in [4.69, 9.17) is 4.74 Å². The van der Waals surface area contributed by atoms with Gasteiger partial charge in [-0.25, -0.2) is 0 Å². The van der Waals surface area contributed by atoms with E-state index in [-0.39, 0.29) is 28.3 Å². The van der Waals surface area contributed by atoms with Crippen LogP contribution in [0.4, 0.5) is 0 Å². The highest BCUT2D eigenvalue weighted by atomic mass is 16.5. The van der Waals surface area contributed by atoms with Gasteiger partial charge in [-0.15, -0.1) is 0 Å². The quantitative estimate of drug-likeness (QED) is 0.475. The maximum atomic E-state index is 13.7. The van der Waals surface area contributed by atoms with Gasteiger partial charge in [-0.3, -0.25) is 9.59 Å². The Bertz CT molecular complexity index is 1240. The molecule has 0 aromatic heterocycles. The molecule has 2 aromatic carbocycles. The fourth-order valence-electron chi connectivity index (χ4n) is 6.17. The Morgan fingerprint density at radius 3 is 1.89 bits per heavy atom. The SMILES string of the molecule is Cc1ccc(COc2ccccc2C2C3=C(CC(C)(C)CC3=O)N(C)C3=C2C(=O)CC(C)(C)C3)cc1. The number of benzene rings is 2. The van der Waals surface area contributed by atoms with E-state index < -0.39 is 0 Å². The lowest BCUT2D eigenvalue weighted by Crippen LogP contribution is -2.43. The number of nitrogens with zero attached hydrogens (tertiary/aromatic N) is 1. The van der Waals surface area contributed by atoms with Crippen LogP contribution in [0.1, 0.15) is 76.0 Å². The minimum Gasteiger partial charge on any atom is -0.489 e. The topological polar surface area (TPSA) is 46.6 Å². The number of rotatable bonds is 4. The first-order chi connectivity index (χ1) is 17.0. The predicted molar refractivity (Wildman–Crippen MR) is 143 cm³/mol. The third-order valence-corrected chi connectivity index (χ3v) is 7.92. The Morgan fingerprint density at radius 2 is 1.33 bits per heavy atom. The van der Waals surface area contributed by atoms with Gasteiger partial charge >= 0.3 is 0 Å². The number of carbonyl (C=O) groups is 2. The van der Waals surface area contributed by atoms with E-state index in [9.17, 15) is 9.59 Å². The van der Waals surface area contributed by atoms with Gasteiger partial charge < -0.3 is 9.64 Å². The van der Waals surface area contributed by atoms with Crippen molar-refractivity contribution in [2.75, 3.05) is 7.05 Å². The number of Topliss-reactive ketones (excluding diaryl/α,β-unsaturated/α-hetero) is 2. The molecule has 0 unspecified atom stereocenters. The average Bonchev–Trinajstić information content (AvgIpc) is 2.79. The average molecular weight is 484 g/mol. The van der Waals surface area contributed by atoms with Gasteiger partial charge in [0.2, 0.25) is 0 Å². The summed E-state index contributed by atoms with van der Waals surface area (Å²) in [5.41, 5.74) is 6.71. The molecular weight excluding hydrogens is 446 g/mol. The van der Waals surface area contributed by atoms with E-state index >= 15 is 0 Å². The monoisotopic (exact) mass is 483 g/mol. The summed E-state index contributed by atoms with van der Waals surface area (Å²) in [5.74, 6) is 0.653. The van der Waals surface area contributed by atoms with E-state index in [1.54, 1.807) is 0 Å². The summed E-state index contributed by atoms with van der Waals surface area (Å²) in [6.45, 7) is 11.2. The Labute approximate surface area is 215 Å². The van der Waals surface area contributed by atoms with Gasteiger partial charge in [0, 0.05) is 53.9 Å². The van der Waals surface area contributed by atoms with Crippen molar-refractivity contribution in [1.82, 2.24) is 4.90 Å². The number of ketones is 2. The highest BCUT2D eigenvalue weighted by Gasteiger charge is 2.48.